The van der Waals surface area contributed by atoms with Gasteiger partial charge in [-0.05, 0) is 0 Å². The van der Waals surface area contributed by atoms with E-state index in [4.69, 9.17) is 6.57 Å². The number of hydrogen-bond acceptors (Lipinski definition) is 0. The average Bonchev–Trinajstić information content (AvgIpc) is 2.60. The van der Waals surface area contributed by atoms with Gasteiger partial charge in [0.1, 0.15) is 0 Å². The summed E-state index contributed by atoms with van der Waals surface area (Å²) >= 11 is 0. The van der Waals surface area contributed by atoms with Crippen molar-refractivity contribution in [3.63, 3.8) is 0 Å². The summed E-state index contributed by atoms with van der Waals surface area (Å²) in [4.78, 5) is 3.73. The van der Waals surface area contributed by atoms with Gasteiger partial charge >= 0.3 is 0 Å². The van der Waals surface area contributed by atoms with Crippen LogP contribution in [-0.2, 0) is 0 Å². The van der Waals surface area contributed by atoms with E-state index in [0.29, 0.717) is 5.92 Å². The summed E-state index contributed by atoms with van der Waals surface area (Å²) in [7, 11) is 0. The zero-order valence-electron chi connectivity index (χ0n) is 7.52. The first-order valence-electron chi connectivity index (χ1n) is 3.99. The van der Waals surface area contributed by atoms with Gasteiger partial charge in [0.15, 0.2) is 0 Å². The minimum absolute atomic E-state index is 0.105. The van der Waals surface area contributed by atoms with Crippen molar-refractivity contribution in [2.45, 2.75) is 32.7 Å². The largest absolute Gasteiger partial charge is 0.309 e. The minimum atomic E-state index is -0.130. The van der Waals surface area contributed by atoms with Crippen molar-refractivity contribution in [1.29, 1.82) is 0 Å². The van der Waals surface area contributed by atoms with Crippen LogP contribution in [0.25, 0.3) is 4.85 Å². The van der Waals surface area contributed by atoms with E-state index in [1.54, 1.807) is 0 Å². The summed E-state index contributed by atoms with van der Waals surface area (Å²) in [6.45, 7) is 17.3. The highest BCUT2D eigenvalue weighted by atomic mass is 14.9. The Morgan fingerprint density at radius 3 is 2.27 bits per heavy atom. The van der Waals surface area contributed by atoms with Gasteiger partial charge in [0.2, 0.25) is 5.54 Å². The van der Waals surface area contributed by atoms with E-state index in [0.717, 1.165) is 6.42 Å². The Bertz CT molecular complexity index is 216. The van der Waals surface area contributed by atoms with Crippen molar-refractivity contribution in [1.82, 2.24) is 0 Å². The van der Waals surface area contributed by atoms with E-state index in [9.17, 15) is 0 Å². The van der Waals surface area contributed by atoms with Crippen LogP contribution in [0.2, 0.25) is 0 Å². The summed E-state index contributed by atoms with van der Waals surface area (Å²) in [5.74, 6) is 0.431. The number of hydrogen-bond donors (Lipinski definition) is 0. The minimum Gasteiger partial charge on any atom is -0.309 e. The van der Waals surface area contributed by atoms with Gasteiger partial charge < -0.3 is 4.85 Å². The van der Waals surface area contributed by atoms with Crippen molar-refractivity contribution in [2.24, 2.45) is 11.3 Å². The second-order valence-electron chi connectivity index (χ2n) is 4.33. The molecule has 2 atom stereocenters. The molecule has 0 saturated heterocycles. The average molecular weight is 149 g/mol. The summed E-state index contributed by atoms with van der Waals surface area (Å²) in [6.07, 6.45) is 2.92. The van der Waals surface area contributed by atoms with Crippen molar-refractivity contribution < 1.29 is 0 Å². The molecule has 0 N–H and O–H groups in total. The van der Waals surface area contributed by atoms with Crippen molar-refractivity contribution in [3.8, 4) is 0 Å². The van der Waals surface area contributed by atoms with E-state index >= 15 is 0 Å². The molecule has 1 fully saturated rings. The molecule has 1 aliphatic carbocycles. The van der Waals surface area contributed by atoms with Crippen LogP contribution in [0.15, 0.2) is 12.7 Å². The molecule has 1 heteroatoms. The Hall–Kier alpha value is -0.770. The molecule has 1 aliphatic rings. The SMILES string of the molecule is [C-]#[N+]C1(C(C)(C)C)CC1C=C. The van der Waals surface area contributed by atoms with Crippen LogP contribution < -0.4 is 0 Å². The molecule has 0 radical (unpaired) electrons. The Balaban J connectivity index is 2.85. The monoisotopic (exact) mass is 149 g/mol. The van der Waals surface area contributed by atoms with Crippen molar-refractivity contribution >= 4 is 0 Å². The maximum absolute atomic E-state index is 7.13. The lowest BCUT2D eigenvalue weighted by Gasteiger charge is -2.20. The molecule has 1 rings (SSSR count). The molecule has 0 bridgehead atoms. The lowest BCUT2D eigenvalue weighted by Crippen LogP contribution is -2.26. The Morgan fingerprint density at radius 2 is 2.18 bits per heavy atom. The third-order valence-electron chi connectivity index (χ3n) is 2.77. The molecular formula is C10H15N. The third-order valence-corrected chi connectivity index (χ3v) is 2.77. The lowest BCUT2D eigenvalue weighted by atomic mass is 9.83. The topological polar surface area (TPSA) is 4.36 Å². The normalized spacial score (nSPS) is 36.0. The first-order chi connectivity index (χ1) is 4.98. The van der Waals surface area contributed by atoms with E-state index in [2.05, 4.69) is 32.2 Å². The molecule has 0 aliphatic heterocycles. The van der Waals surface area contributed by atoms with Gasteiger partial charge in [-0.15, -0.1) is 6.58 Å². The van der Waals surface area contributed by atoms with Gasteiger partial charge in [-0.1, -0.05) is 26.8 Å². The van der Waals surface area contributed by atoms with Crippen LogP contribution in [0.5, 0.6) is 0 Å². The Morgan fingerprint density at radius 1 is 1.64 bits per heavy atom. The molecule has 1 saturated carbocycles. The highest BCUT2D eigenvalue weighted by Crippen LogP contribution is 2.58. The number of rotatable bonds is 1. The van der Waals surface area contributed by atoms with E-state index < -0.39 is 0 Å². The lowest BCUT2D eigenvalue weighted by molar-refractivity contribution is 0.329. The molecule has 0 amide bonds. The van der Waals surface area contributed by atoms with Crippen LogP contribution in [0.1, 0.15) is 27.2 Å². The van der Waals surface area contributed by atoms with Crippen LogP contribution in [0.4, 0.5) is 0 Å². The molecule has 60 valence electrons. The summed E-state index contributed by atoms with van der Waals surface area (Å²) < 4.78 is 0. The van der Waals surface area contributed by atoms with Gasteiger partial charge in [0, 0.05) is 11.8 Å². The quantitative estimate of drug-likeness (QED) is 0.399. The molecule has 2 unspecified atom stereocenters. The smallest absolute Gasteiger partial charge is 0.244 e. The van der Waals surface area contributed by atoms with Crippen LogP contribution >= 0.6 is 0 Å². The second-order valence-corrected chi connectivity index (χ2v) is 4.33. The van der Waals surface area contributed by atoms with Gasteiger partial charge in [0.25, 0.3) is 0 Å². The summed E-state index contributed by atoms with van der Waals surface area (Å²) in [5.41, 5.74) is -0.0254. The third kappa shape index (κ3) is 0.976. The molecule has 11 heavy (non-hydrogen) atoms. The van der Waals surface area contributed by atoms with Gasteiger partial charge in [0.05, 0.1) is 5.92 Å². The fraction of sp³-hybridized carbons (Fsp3) is 0.700. The molecule has 0 heterocycles. The fourth-order valence-electron chi connectivity index (χ4n) is 1.71. The fourth-order valence-corrected chi connectivity index (χ4v) is 1.71. The van der Waals surface area contributed by atoms with E-state index in [1.807, 2.05) is 6.08 Å². The number of nitrogens with zero attached hydrogens (tertiary/aromatic N) is 1. The highest BCUT2D eigenvalue weighted by Gasteiger charge is 2.67. The molecule has 0 aromatic carbocycles. The Labute approximate surface area is 68.9 Å². The molecular weight excluding hydrogens is 134 g/mol. The Kier molecular flexibility index (Phi) is 1.59. The standard InChI is InChI=1S/C10H15N/c1-6-8-7-10(8,11-5)9(2,3)4/h6,8H,1,7H2,2-4H3. The first kappa shape index (κ1) is 8.33. The van der Waals surface area contributed by atoms with Crippen LogP contribution in [0.3, 0.4) is 0 Å². The predicted octanol–water partition coefficient (Wildman–Crippen LogP) is 2.90. The molecule has 0 aromatic rings. The molecule has 0 spiro atoms. The molecule has 0 aromatic heterocycles. The molecule has 1 nitrogen and oxygen atoms in total. The van der Waals surface area contributed by atoms with Crippen molar-refractivity contribution in [2.75, 3.05) is 0 Å². The van der Waals surface area contributed by atoms with Crippen LogP contribution in [0, 0.1) is 17.9 Å². The zero-order valence-corrected chi connectivity index (χ0v) is 7.52. The van der Waals surface area contributed by atoms with Gasteiger partial charge in [-0.25, -0.2) is 6.57 Å². The first-order valence-corrected chi connectivity index (χ1v) is 3.99. The van der Waals surface area contributed by atoms with Gasteiger partial charge in [-0.3, -0.25) is 0 Å². The predicted molar refractivity (Wildman–Crippen MR) is 47.1 cm³/mol. The second kappa shape index (κ2) is 2.11. The van der Waals surface area contributed by atoms with Crippen LogP contribution in [-0.4, -0.2) is 5.54 Å². The van der Waals surface area contributed by atoms with Crippen molar-refractivity contribution in [3.05, 3.63) is 24.1 Å². The van der Waals surface area contributed by atoms with E-state index in [1.165, 1.54) is 0 Å². The summed E-state index contributed by atoms with van der Waals surface area (Å²) in [6, 6.07) is 0. The summed E-state index contributed by atoms with van der Waals surface area (Å²) in [5, 5.41) is 0. The maximum Gasteiger partial charge on any atom is 0.244 e. The van der Waals surface area contributed by atoms with Gasteiger partial charge in [-0.2, -0.15) is 0 Å². The van der Waals surface area contributed by atoms with E-state index in [-0.39, 0.29) is 11.0 Å². The maximum atomic E-state index is 7.13. The highest BCUT2D eigenvalue weighted by molar-refractivity contribution is 5.27. The zero-order chi connectivity index (χ0) is 8.70.